The van der Waals surface area contributed by atoms with Crippen molar-refractivity contribution in [3.05, 3.63) is 117 Å². The molecule has 49 heavy (non-hydrogen) atoms. The van der Waals surface area contributed by atoms with Crippen LogP contribution in [0.4, 0.5) is 5.82 Å². The first-order chi connectivity index (χ1) is 23.4. The topological polar surface area (TPSA) is 183 Å². The number of ether oxygens (including phenoxy) is 1. The first-order valence-corrected chi connectivity index (χ1v) is 17.6. The number of benzene rings is 3. The molecule has 3 heterocycles. The standard InChI is InChI=1S/C27H25ClN6O3S.C7H8O3S/c1-16-2-5-18(22-13-34(33-32-22)12-17-3-6-20(28)7-4-17)10-23(16)37-14-19-15-38-25-21(27(36)30-8-9-35)11-31-26(29)24(19)25;1-6-2-4-7(5-3-6)11(8,9)10/h2-7,10-11,13,15,35H,8-9,12,14H2,1H3,(H2,29,31)(H,30,36);2-5H,1H3,(H,8,9,10). The molecule has 1 amide bonds. The minimum atomic E-state index is -4.02. The lowest BCUT2D eigenvalue weighted by Crippen LogP contribution is -2.26. The second kappa shape index (κ2) is 15.6. The molecule has 0 unspecified atom stereocenters. The fraction of sp³-hybridized carbons (Fsp3) is 0.176. The van der Waals surface area contributed by atoms with Gasteiger partial charge in [-0.1, -0.05) is 58.8 Å². The molecule has 0 aliphatic carbocycles. The highest BCUT2D eigenvalue weighted by Crippen LogP contribution is 2.34. The van der Waals surface area contributed by atoms with E-state index in [1.54, 1.807) is 16.8 Å². The second-order valence-electron chi connectivity index (χ2n) is 11.0. The number of aliphatic hydroxyl groups is 1. The van der Waals surface area contributed by atoms with Crippen molar-refractivity contribution in [1.29, 1.82) is 0 Å². The number of aryl methyl sites for hydroxylation is 2. The number of nitrogens with two attached hydrogens (primary N) is 1. The molecule has 12 nitrogen and oxygen atoms in total. The van der Waals surface area contributed by atoms with Crippen LogP contribution in [0.2, 0.25) is 5.02 Å². The molecule has 0 spiro atoms. The van der Waals surface area contributed by atoms with Gasteiger partial charge in [0.25, 0.3) is 16.0 Å². The van der Waals surface area contributed by atoms with Crippen molar-refractivity contribution in [3.8, 4) is 17.0 Å². The number of hydrogen-bond donors (Lipinski definition) is 4. The van der Waals surface area contributed by atoms with Crippen LogP contribution < -0.4 is 15.8 Å². The predicted octanol–water partition coefficient (Wildman–Crippen LogP) is 5.69. The van der Waals surface area contributed by atoms with Crippen molar-refractivity contribution in [3.63, 3.8) is 0 Å². The third-order valence-electron chi connectivity index (χ3n) is 7.33. The number of hydrogen-bond acceptors (Lipinski definition) is 10. The zero-order valence-electron chi connectivity index (χ0n) is 26.5. The fourth-order valence-corrected chi connectivity index (χ4v) is 6.41. The Bertz CT molecular complexity index is 2190. The number of carbonyl (C=O) groups excluding carboxylic acids is 1. The Morgan fingerprint density at radius 2 is 1.82 bits per heavy atom. The Morgan fingerprint density at radius 3 is 2.51 bits per heavy atom. The van der Waals surface area contributed by atoms with Gasteiger partial charge in [0.05, 0.1) is 34.5 Å². The van der Waals surface area contributed by atoms with E-state index in [4.69, 9.17) is 31.7 Å². The third kappa shape index (κ3) is 8.99. The van der Waals surface area contributed by atoms with Crippen molar-refractivity contribution in [2.45, 2.75) is 31.9 Å². The number of nitrogens with zero attached hydrogens (tertiary/aromatic N) is 4. The number of aromatic nitrogens is 4. The molecule has 15 heteroatoms. The fourth-order valence-electron chi connectivity index (χ4n) is 4.73. The minimum absolute atomic E-state index is 0.0666. The third-order valence-corrected chi connectivity index (χ3v) is 9.51. The van der Waals surface area contributed by atoms with E-state index in [0.717, 1.165) is 38.2 Å². The van der Waals surface area contributed by atoms with Gasteiger partial charge in [-0.3, -0.25) is 9.35 Å². The van der Waals surface area contributed by atoms with Gasteiger partial charge < -0.3 is 20.9 Å². The summed E-state index contributed by atoms with van der Waals surface area (Å²) in [5.41, 5.74) is 12.0. The van der Waals surface area contributed by atoms with Crippen molar-refractivity contribution in [1.82, 2.24) is 25.3 Å². The smallest absolute Gasteiger partial charge is 0.294 e. The normalized spacial score (nSPS) is 11.2. The van der Waals surface area contributed by atoms with E-state index in [2.05, 4.69) is 20.6 Å². The maximum absolute atomic E-state index is 12.5. The van der Waals surface area contributed by atoms with E-state index in [-0.39, 0.29) is 30.6 Å². The highest BCUT2D eigenvalue weighted by atomic mass is 35.5. The molecule has 0 saturated carbocycles. The number of nitrogens with one attached hydrogen (secondary N) is 1. The van der Waals surface area contributed by atoms with E-state index >= 15 is 0 Å². The van der Waals surface area contributed by atoms with Gasteiger partial charge in [-0.15, -0.1) is 16.4 Å². The summed E-state index contributed by atoms with van der Waals surface area (Å²) in [6.07, 6.45) is 3.35. The molecule has 0 aliphatic rings. The van der Waals surface area contributed by atoms with Crippen LogP contribution in [-0.2, 0) is 23.3 Å². The van der Waals surface area contributed by atoms with Crippen LogP contribution in [0.5, 0.6) is 5.75 Å². The van der Waals surface area contributed by atoms with Gasteiger partial charge >= 0.3 is 0 Å². The van der Waals surface area contributed by atoms with E-state index < -0.39 is 10.1 Å². The molecule has 0 radical (unpaired) electrons. The van der Waals surface area contributed by atoms with Crippen LogP contribution in [0, 0.1) is 13.8 Å². The number of halogens is 1. The van der Waals surface area contributed by atoms with Gasteiger partial charge in [0.15, 0.2) is 0 Å². The molecular weight excluding hydrogens is 688 g/mol. The highest BCUT2D eigenvalue weighted by Gasteiger charge is 2.18. The Hall–Kier alpha value is -4.86. The molecule has 5 N–H and O–H groups in total. The molecule has 0 aliphatic heterocycles. The van der Waals surface area contributed by atoms with Crippen LogP contribution in [0.3, 0.4) is 0 Å². The molecule has 254 valence electrons. The van der Waals surface area contributed by atoms with E-state index in [1.165, 1.54) is 29.7 Å². The molecule has 0 saturated heterocycles. The Morgan fingerprint density at radius 1 is 1.08 bits per heavy atom. The largest absolute Gasteiger partial charge is 0.489 e. The lowest BCUT2D eigenvalue weighted by atomic mass is 10.1. The number of amides is 1. The van der Waals surface area contributed by atoms with E-state index in [0.29, 0.717) is 34.1 Å². The Labute approximate surface area is 291 Å². The number of rotatable bonds is 10. The lowest BCUT2D eigenvalue weighted by molar-refractivity contribution is 0.0946. The second-order valence-corrected chi connectivity index (χ2v) is 13.7. The van der Waals surface area contributed by atoms with E-state index in [9.17, 15) is 13.2 Å². The van der Waals surface area contributed by atoms with Gasteiger partial charge in [0.2, 0.25) is 0 Å². The average molecular weight is 721 g/mol. The maximum atomic E-state index is 12.5. The Balaban J connectivity index is 0.000000363. The quantitative estimate of drug-likeness (QED) is 0.128. The molecule has 6 aromatic rings. The monoisotopic (exact) mass is 720 g/mol. The number of carbonyl (C=O) groups is 1. The summed E-state index contributed by atoms with van der Waals surface area (Å²) in [6, 6.07) is 19.5. The van der Waals surface area contributed by atoms with Crippen molar-refractivity contribution in [2.75, 3.05) is 18.9 Å². The summed E-state index contributed by atoms with van der Waals surface area (Å²) in [5.74, 6) is 0.734. The summed E-state index contributed by atoms with van der Waals surface area (Å²) in [4.78, 5) is 16.7. The van der Waals surface area contributed by atoms with Gasteiger partial charge in [0, 0.05) is 34.3 Å². The van der Waals surface area contributed by atoms with Gasteiger partial charge in [0.1, 0.15) is 23.9 Å². The first-order valence-electron chi connectivity index (χ1n) is 14.9. The summed E-state index contributed by atoms with van der Waals surface area (Å²) >= 11 is 7.39. The molecular formula is C34H33ClN6O6S2. The zero-order chi connectivity index (χ0) is 35.1. The van der Waals surface area contributed by atoms with Crippen LogP contribution in [0.15, 0.2) is 89.4 Å². The van der Waals surface area contributed by atoms with Crippen molar-refractivity contribution >= 4 is 54.9 Å². The first kappa shape index (κ1) is 35.4. The average Bonchev–Trinajstić information content (AvgIpc) is 3.73. The molecule has 6 rings (SSSR count). The van der Waals surface area contributed by atoms with E-state index in [1.807, 2.05) is 67.9 Å². The van der Waals surface area contributed by atoms with Gasteiger partial charge in [-0.25, -0.2) is 9.67 Å². The molecule has 0 fully saturated rings. The maximum Gasteiger partial charge on any atom is 0.294 e. The highest BCUT2D eigenvalue weighted by molar-refractivity contribution is 7.85. The molecule has 0 bridgehead atoms. The van der Waals surface area contributed by atoms with Crippen LogP contribution >= 0.6 is 22.9 Å². The zero-order valence-corrected chi connectivity index (χ0v) is 28.9. The van der Waals surface area contributed by atoms with Crippen LogP contribution in [0.25, 0.3) is 21.3 Å². The summed E-state index contributed by atoms with van der Waals surface area (Å²) in [7, 11) is -4.02. The Kier molecular flexibility index (Phi) is 11.3. The number of pyridine rings is 1. The SMILES string of the molecule is Cc1ccc(-c2cn(Cc3ccc(Cl)cc3)nn2)cc1OCc1csc2c(C(=O)NCCO)cnc(N)c12.Cc1ccc(S(=O)(=O)O)cc1. The summed E-state index contributed by atoms with van der Waals surface area (Å²) in [6.45, 7) is 4.67. The number of thiophene rings is 1. The van der Waals surface area contributed by atoms with Gasteiger partial charge in [-0.2, -0.15) is 8.42 Å². The number of aliphatic hydroxyl groups excluding tert-OH is 1. The number of fused-ring (bicyclic) bond motifs is 1. The molecule has 3 aromatic heterocycles. The van der Waals surface area contributed by atoms with Gasteiger partial charge in [-0.05, 0) is 60.7 Å². The van der Waals surface area contributed by atoms with Crippen molar-refractivity contribution < 1.29 is 27.6 Å². The lowest BCUT2D eigenvalue weighted by Gasteiger charge is -2.11. The number of nitrogen functional groups attached to an aromatic ring is 1. The summed E-state index contributed by atoms with van der Waals surface area (Å²) < 4.78 is 38.3. The van der Waals surface area contributed by atoms with Crippen LogP contribution in [-0.4, -0.2) is 57.1 Å². The molecule has 0 atom stereocenters. The van der Waals surface area contributed by atoms with Crippen LogP contribution in [0.1, 0.15) is 32.6 Å². The minimum Gasteiger partial charge on any atom is -0.489 e. The number of anilines is 1. The predicted molar refractivity (Wildman–Crippen MR) is 190 cm³/mol. The van der Waals surface area contributed by atoms with Crippen molar-refractivity contribution in [2.24, 2.45) is 0 Å². The summed E-state index contributed by atoms with van der Waals surface area (Å²) in [5, 5.41) is 23.6. The molecule has 3 aromatic carbocycles.